The number of rotatable bonds is 7. The molecule has 28 heavy (non-hydrogen) atoms. The number of carbonyl (C=O) groups excluding carboxylic acids is 1. The zero-order chi connectivity index (χ0) is 20.3. The molecule has 2 aromatic rings. The lowest BCUT2D eigenvalue weighted by molar-refractivity contribution is -0.115. The second-order valence-corrected chi connectivity index (χ2v) is 7.09. The smallest absolute Gasteiger partial charge is 0.253 e. The molecule has 0 spiro atoms. The maximum Gasteiger partial charge on any atom is 0.253 e. The van der Waals surface area contributed by atoms with Crippen LogP contribution in [-0.4, -0.2) is 31.2 Å². The maximum absolute atomic E-state index is 12.6. The Bertz CT molecular complexity index is 945. The Morgan fingerprint density at radius 3 is 2.43 bits per heavy atom. The monoisotopic (exact) mass is 382 g/mol. The van der Waals surface area contributed by atoms with Crippen molar-refractivity contribution in [1.82, 2.24) is 9.88 Å². The number of hydrogen-bond donors (Lipinski definition) is 1. The molecule has 1 saturated carbocycles. The van der Waals surface area contributed by atoms with Crippen LogP contribution >= 0.6 is 0 Å². The third-order valence-corrected chi connectivity index (χ3v) is 4.84. The number of carbonyl (C=O) groups is 1. The van der Waals surface area contributed by atoms with Gasteiger partial charge in [0, 0.05) is 36.8 Å². The van der Waals surface area contributed by atoms with Gasteiger partial charge in [-0.3, -0.25) is 9.59 Å². The lowest BCUT2D eigenvalue weighted by Gasteiger charge is -2.15. The van der Waals surface area contributed by atoms with E-state index in [1.54, 1.807) is 38.6 Å². The summed E-state index contributed by atoms with van der Waals surface area (Å²) in [5, 5.41) is 2.69. The van der Waals surface area contributed by atoms with E-state index < -0.39 is 0 Å². The van der Waals surface area contributed by atoms with Gasteiger partial charge in [0.2, 0.25) is 0 Å². The minimum Gasteiger partial charge on any atom is -0.493 e. The van der Waals surface area contributed by atoms with Crippen LogP contribution < -0.4 is 20.2 Å². The molecule has 0 saturated heterocycles. The van der Waals surface area contributed by atoms with E-state index in [4.69, 9.17) is 9.47 Å². The third kappa shape index (κ3) is 4.44. The minimum absolute atomic E-state index is 0.0543. The van der Waals surface area contributed by atoms with Crippen molar-refractivity contribution in [2.45, 2.75) is 26.7 Å². The van der Waals surface area contributed by atoms with Crippen molar-refractivity contribution >= 4 is 17.7 Å². The summed E-state index contributed by atoms with van der Waals surface area (Å²) in [6, 6.07) is 8.55. The van der Waals surface area contributed by atoms with Crippen molar-refractivity contribution in [2.75, 3.05) is 20.8 Å². The average molecular weight is 382 g/mol. The zero-order valence-electron chi connectivity index (χ0n) is 16.7. The first-order valence-corrected chi connectivity index (χ1v) is 9.37. The summed E-state index contributed by atoms with van der Waals surface area (Å²) in [4.78, 5) is 24.3. The van der Waals surface area contributed by atoms with Crippen molar-refractivity contribution in [3.63, 3.8) is 0 Å². The molecule has 1 fully saturated rings. The molecule has 1 amide bonds. The molecule has 1 aliphatic rings. The van der Waals surface area contributed by atoms with Crippen LogP contribution in [0.3, 0.4) is 0 Å². The van der Waals surface area contributed by atoms with Gasteiger partial charge < -0.3 is 19.4 Å². The van der Waals surface area contributed by atoms with Crippen LogP contribution in [0.5, 0.6) is 11.5 Å². The first-order valence-electron chi connectivity index (χ1n) is 9.37. The number of aryl methyl sites for hydroxylation is 2. The Labute approximate surface area is 164 Å². The molecule has 0 aliphatic heterocycles. The second kappa shape index (κ2) is 8.33. The molecule has 3 rings (SSSR count). The van der Waals surface area contributed by atoms with Crippen LogP contribution in [0.15, 0.2) is 35.1 Å². The molecule has 1 heterocycles. The number of nitrogens with one attached hydrogen (secondary N) is 1. The number of nitrogens with zero attached hydrogens (tertiary/aromatic N) is 1. The molecule has 1 N–H and O–H groups in total. The van der Waals surface area contributed by atoms with Gasteiger partial charge in [-0.2, -0.15) is 0 Å². The van der Waals surface area contributed by atoms with Crippen LogP contribution in [0.4, 0.5) is 0 Å². The summed E-state index contributed by atoms with van der Waals surface area (Å²) in [6.07, 6.45) is 4.13. The highest BCUT2D eigenvalue weighted by atomic mass is 16.5. The molecule has 148 valence electrons. The van der Waals surface area contributed by atoms with E-state index in [-0.39, 0.29) is 11.3 Å². The van der Waals surface area contributed by atoms with E-state index in [0.717, 1.165) is 11.4 Å². The largest absolute Gasteiger partial charge is 0.493 e. The Morgan fingerprint density at radius 2 is 1.86 bits per heavy atom. The van der Waals surface area contributed by atoms with Crippen molar-refractivity contribution in [1.29, 1.82) is 0 Å². The van der Waals surface area contributed by atoms with Gasteiger partial charge in [0.1, 0.15) is 0 Å². The number of ether oxygens (including phenoxy) is 2. The molecule has 6 nitrogen and oxygen atoms in total. The zero-order valence-corrected chi connectivity index (χ0v) is 16.7. The highest BCUT2D eigenvalue weighted by molar-refractivity contribution is 6.23. The first kappa shape index (κ1) is 19.7. The van der Waals surface area contributed by atoms with Crippen molar-refractivity contribution < 1.29 is 14.3 Å². The van der Waals surface area contributed by atoms with E-state index in [1.165, 1.54) is 12.8 Å². The summed E-state index contributed by atoms with van der Waals surface area (Å²) in [6.45, 7) is 4.33. The standard InChI is InChI=1S/C22H26N2O4/c1-14-9-18(25)10-15(2)24(14)12-19(22(26)23-3)17-7-8-20(27-4)21(11-17)28-13-16-5-6-16/h7-12,16H,5-6,13H2,1-4H3,(H,23,26)/b19-12-. The number of likely N-dealkylation sites (N-methyl/N-ethyl adjacent to an activating group) is 1. The molecule has 0 radical (unpaired) electrons. The normalized spacial score (nSPS) is 13.9. The molecule has 6 heteroatoms. The number of hydrogen-bond acceptors (Lipinski definition) is 4. The third-order valence-electron chi connectivity index (χ3n) is 4.84. The van der Waals surface area contributed by atoms with Gasteiger partial charge in [0.15, 0.2) is 16.9 Å². The van der Waals surface area contributed by atoms with Crippen molar-refractivity contribution in [3.05, 3.63) is 57.5 Å². The lowest BCUT2D eigenvalue weighted by Crippen LogP contribution is -2.20. The number of methoxy groups -OCH3 is 1. The highest BCUT2D eigenvalue weighted by Crippen LogP contribution is 2.34. The molecule has 0 unspecified atom stereocenters. The maximum atomic E-state index is 12.6. The van der Waals surface area contributed by atoms with E-state index in [9.17, 15) is 9.59 Å². The number of aromatic nitrogens is 1. The van der Waals surface area contributed by atoms with E-state index in [1.807, 2.05) is 30.5 Å². The van der Waals surface area contributed by atoms with Crippen LogP contribution in [0, 0.1) is 19.8 Å². The van der Waals surface area contributed by atoms with Crippen LogP contribution in [0.1, 0.15) is 29.8 Å². The van der Waals surface area contributed by atoms with Gasteiger partial charge in [-0.1, -0.05) is 6.07 Å². The molecule has 1 aromatic carbocycles. The Balaban J connectivity index is 2.06. The Hall–Kier alpha value is -3.02. The summed E-state index contributed by atoms with van der Waals surface area (Å²) in [5.74, 6) is 1.64. The van der Waals surface area contributed by atoms with Gasteiger partial charge in [0.25, 0.3) is 5.91 Å². The topological polar surface area (TPSA) is 69.6 Å². The quantitative estimate of drug-likeness (QED) is 0.748. The summed E-state index contributed by atoms with van der Waals surface area (Å²) in [5.41, 5.74) is 2.64. The first-order chi connectivity index (χ1) is 13.4. The molecule has 1 aromatic heterocycles. The van der Waals surface area contributed by atoms with Gasteiger partial charge in [0.05, 0.1) is 19.3 Å². The van der Waals surface area contributed by atoms with Gasteiger partial charge in [-0.15, -0.1) is 0 Å². The van der Waals surface area contributed by atoms with Crippen LogP contribution in [0.2, 0.25) is 0 Å². The molecular formula is C22H26N2O4. The van der Waals surface area contributed by atoms with E-state index >= 15 is 0 Å². The summed E-state index contributed by atoms with van der Waals surface area (Å²) >= 11 is 0. The molecule has 1 aliphatic carbocycles. The van der Waals surface area contributed by atoms with E-state index in [0.29, 0.717) is 35.2 Å². The van der Waals surface area contributed by atoms with Crippen molar-refractivity contribution in [3.8, 4) is 11.5 Å². The fourth-order valence-corrected chi connectivity index (χ4v) is 3.05. The molecular weight excluding hydrogens is 356 g/mol. The number of benzene rings is 1. The molecule has 0 atom stereocenters. The summed E-state index contributed by atoms with van der Waals surface area (Å²) < 4.78 is 13.2. The van der Waals surface area contributed by atoms with Gasteiger partial charge in [-0.25, -0.2) is 0 Å². The highest BCUT2D eigenvalue weighted by Gasteiger charge is 2.23. The minimum atomic E-state index is -0.226. The predicted octanol–water partition coefficient (Wildman–Crippen LogP) is 3.01. The Kier molecular flexibility index (Phi) is 5.87. The van der Waals surface area contributed by atoms with Crippen LogP contribution in [-0.2, 0) is 4.79 Å². The second-order valence-electron chi connectivity index (χ2n) is 7.09. The number of pyridine rings is 1. The van der Waals surface area contributed by atoms with Gasteiger partial charge in [-0.05, 0) is 50.3 Å². The fraction of sp³-hybridized carbons (Fsp3) is 0.364. The average Bonchev–Trinajstić information content (AvgIpc) is 3.49. The molecule has 0 bridgehead atoms. The SMILES string of the molecule is CNC(=O)/C(=C\n1c(C)cc(=O)cc1C)c1ccc(OC)c(OCC2CC2)c1. The van der Waals surface area contributed by atoms with Crippen molar-refractivity contribution in [2.24, 2.45) is 5.92 Å². The predicted molar refractivity (Wildman–Crippen MR) is 110 cm³/mol. The number of amides is 1. The Morgan fingerprint density at radius 1 is 1.18 bits per heavy atom. The van der Waals surface area contributed by atoms with Gasteiger partial charge >= 0.3 is 0 Å². The van der Waals surface area contributed by atoms with Crippen LogP contribution in [0.25, 0.3) is 11.8 Å². The summed E-state index contributed by atoms with van der Waals surface area (Å²) in [7, 11) is 3.19. The fourth-order valence-electron chi connectivity index (χ4n) is 3.05. The lowest BCUT2D eigenvalue weighted by atomic mass is 10.0. The van der Waals surface area contributed by atoms with E-state index in [2.05, 4.69) is 5.32 Å².